The first-order chi connectivity index (χ1) is 5.12. The maximum absolute atomic E-state index is 2.62. The van der Waals surface area contributed by atoms with E-state index < -0.39 is 0 Å². The Morgan fingerprint density at radius 3 is 2.82 bits per heavy atom. The van der Waals surface area contributed by atoms with Crippen LogP contribution in [0.1, 0.15) is 39.5 Å². The van der Waals surface area contributed by atoms with Gasteiger partial charge in [-0.25, -0.2) is 0 Å². The lowest BCUT2D eigenvalue weighted by Crippen LogP contribution is -2.47. The van der Waals surface area contributed by atoms with Gasteiger partial charge in [0.15, 0.2) is 0 Å². The molecule has 0 aliphatic carbocycles. The van der Waals surface area contributed by atoms with Crippen LogP contribution in [0.5, 0.6) is 0 Å². The summed E-state index contributed by atoms with van der Waals surface area (Å²) in [6.45, 7) is 4.84. The zero-order valence-corrected chi connectivity index (χ0v) is 7.93. The molecule has 2 bridgehead atoms. The molecule has 3 atom stereocenters. The van der Waals surface area contributed by atoms with Crippen molar-refractivity contribution in [3.05, 3.63) is 0 Å². The highest BCUT2D eigenvalue weighted by atomic mass is 15.2. The van der Waals surface area contributed by atoms with E-state index in [-0.39, 0.29) is 0 Å². The normalized spacial score (nSPS) is 51.5. The molecular weight excluding hydrogens is 134 g/mol. The maximum Gasteiger partial charge on any atom is 0.0184 e. The topological polar surface area (TPSA) is 3.24 Å². The lowest BCUT2D eigenvalue weighted by atomic mass is 9.84. The Hall–Kier alpha value is -0.0400. The number of rotatable bonds is 0. The molecule has 0 N–H and O–H groups in total. The summed E-state index contributed by atoms with van der Waals surface area (Å²) in [6.07, 6.45) is 5.72. The van der Waals surface area contributed by atoms with Crippen molar-refractivity contribution in [2.75, 3.05) is 7.05 Å². The van der Waals surface area contributed by atoms with Gasteiger partial charge >= 0.3 is 0 Å². The molecule has 0 saturated carbocycles. The van der Waals surface area contributed by atoms with Gasteiger partial charge in [-0.2, -0.15) is 0 Å². The number of fused-ring (bicyclic) bond motifs is 2. The smallest absolute Gasteiger partial charge is 0.0184 e. The van der Waals surface area contributed by atoms with Gasteiger partial charge in [-0.05, 0) is 45.6 Å². The molecule has 2 aliphatic heterocycles. The standard InChI is InChI=1S/C10H19N/c1-8-6-9-4-5-10(2,7-8)11(9)3/h8-9H,4-7H2,1-3H3. The van der Waals surface area contributed by atoms with Gasteiger partial charge in [-0.3, -0.25) is 4.90 Å². The van der Waals surface area contributed by atoms with Crippen LogP contribution in [-0.2, 0) is 0 Å². The molecule has 0 aromatic heterocycles. The summed E-state index contributed by atoms with van der Waals surface area (Å²) in [4.78, 5) is 2.62. The van der Waals surface area contributed by atoms with Gasteiger partial charge in [0.25, 0.3) is 0 Å². The second-order valence-electron chi connectivity index (χ2n) is 4.85. The highest BCUT2D eigenvalue weighted by Gasteiger charge is 2.45. The van der Waals surface area contributed by atoms with E-state index in [4.69, 9.17) is 0 Å². The summed E-state index contributed by atoms with van der Waals surface area (Å²) in [5.74, 6) is 0.962. The Morgan fingerprint density at radius 1 is 1.45 bits per heavy atom. The molecule has 2 heterocycles. The van der Waals surface area contributed by atoms with Gasteiger partial charge < -0.3 is 0 Å². The highest BCUT2D eigenvalue weighted by Crippen LogP contribution is 2.44. The van der Waals surface area contributed by atoms with Gasteiger partial charge in [0.05, 0.1) is 0 Å². The third-order valence-electron chi connectivity index (χ3n) is 3.88. The Labute approximate surface area is 69.8 Å². The van der Waals surface area contributed by atoms with Crippen molar-refractivity contribution in [1.82, 2.24) is 4.90 Å². The van der Waals surface area contributed by atoms with Crippen molar-refractivity contribution < 1.29 is 0 Å². The predicted octanol–water partition coefficient (Wildman–Crippen LogP) is 2.27. The molecule has 64 valence electrons. The average molecular weight is 153 g/mol. The molecule has 2 rings (SSSR count). The monoisotopic (exact) mass is 153 g/mol. The Kier molecular flexibility index (Phi) is 1.54. The van der Waals surface area contributed by atoms with E-state index in [9.17, 15) is 0 Å². The van der Waals surface area contributed by atoms with E-state index in [2.05, 4.69) is 25.8 Å². The molecule has 0 radical (unpaired) electrons. The first-order valence-corrected chi connectivity index (χ1v) is 4.85. The van der Waals surface area contributed by atoms with E-state index in [1.807, 2.05) is 0 Å². The Balaban J connectivity index is 2.20. The molecule has 1 heteroatoms. The minimum atomic E-state index is 0.558. The van der Waals surface area contributed by atoms with Gasteiger partial charge in [0.1, 0.15) is 0 Å². The molecular formula is C10H19N. The summed E-state index contributed by atoms with van der Waals surface area (Å²) >= 11 is 0. The van der Waals surface area contributed by atoms with Crippen LogP contribution in [-0.4, -0.2) is 23.5 Å². The zero-order chi connectivity index (χ0) is 8.06. The van der Waals surface area contributed by atoms with Crippen molar-refractivity contribution in [3.63, 3.8) is 0 Å². The third kappa shape index (κ3) is 1.01. The number of nitrogens with zero attached hydrogens (tertiary/aromatic N) is 1. The van der Waals surface area contributed by atoms with Gasteiger partial charge in [0.2, 0.25) is 0 Å². The first kappa shape index (κ1) is 7.60. The summed E-state index contributed by atoms with van der Waals surface area (Å²) < 4.78 is 0. The van der Waals surface area contributed by atoms with E-state index >= 15 is 0 Å². The number of piperidine rings is 1. The van der Waals surface area contributed by atoms with Gasteiger partial charge in [-0.15, -0.1) is 0 Å². The SMILES string of the molecule is CC1CC2CCC(C)(C1)N2C. The third-order valence-corrected chi connectivity index (χ3v) is 3.88. The van der Waals surface area contributed by atoms with Crippen LogP contribution in [0, 0.1) is 5.92 Å². The molecule has 0 aromatic rings. The zero-order valence-electron chi connectivity index (χ0n) is 7.93. The van der Waals surface area contributed by atoms with Crippen molar-refractivity contribution in [2.24, 2.45) is 5.92 Å². The van der Waals surface area contributed by atoms with Crippen LogP contribution in [0.25, 0.3) is 0 Å². The summed E-state index contributed by atoms with van der Waals surface area (Å²) in [6, 6.07) is 0.906. The quantitative estimate of drug-likeness (QED) is 0.516. The van der Waals surface area contributed by atoms with Crippen LogP contribution < -0.4 is 0 Å². The van der Waals surface area contributed by atoms with E-state index in [1.54, 1.807) is 0 Å². The minimum Gasteiger partial charge on any atom is -0.298 e. The lowest BCUT2D eigenvalue weighted by molar-refractivity contribution is 0.0685. The predicted molar refractivity (Wildman–Crippen MR) is 47.6 cm³/mol. The Morgan fingerprint density at radius 2 is 2.18 bits per heavy atom. The molecule has 0 spiro atoms. The molecule has 11 heavy (non-hydrogen) atoms. The molecule has 0 aromatic carbocycles. The van der Waals surface area contributed by atoms with E-state index in [0.29, 0.717) is 5.54 Å². The largest absolute Gasteiger partial charge is 0.298 e. The fourth-order valence-corrected chi connectivity index (χ4v) is 3.11. The van der Waals surface area contributed by atoms with E-state index in [0.717, 1.165) is 12.0 Å². The van der Waals surface area contributed by atoms with Crippen molar-refractivity contribution in [3.8, 4) is 0 Å². The van der Waals surface area contributed by atoms with Gasteiger partial charge in [-0.1, -0.05) is 6.92 Å². The van der Waals surface area contributed by atoms with Crippen LogP contribution in [0.4, 0.5) is 0 Å². The van der Waals surface area contributed by atoms with Crippen LogP contribution in [0.2, 0.25) is 0 Å². The van der Waals surface area contributed by atoms with Crippen LogP contribution in [0.15, 0.2) is 0 Å². The fraction of sp³-hybridized carbons (Fsp3) is 1.00. The fourth-order valence-electron chi connectivity index (χ4n) is 3.11. The van der Waals surface area contributed by atoms with Crippen LogP contribution >= 0.6 is 0 Å². The molecule has 0 amide bonds. The Bertz CT molecular complexity index is 166. The molecule has 1 nitrogen and oxygen atoms in total. The van der Waals surface area contributed by atoms with Crippen molar-refractivity contribution in [2.45, 2.75) is 51.1 Å². The highest BCUT2D eigenvalue weighted by molar-refractivity contribution is 5.01. The first-order valence-electron chi connectivity index (χ1n) is 4.85. The van der Waals surface area contributed by atoms with Crippen LogP contribution in [0.3, 0.4) is 0 Å². The van der Waals surface area contributed by atoms with Crippen molar-refractivity contribution in [1.29, 1.82) is 0 Å². The summed E-state index contributed by atoms with van der Waals surface area (Å²) in [5.41, 5.74) is 0.558. The molecule has 2 aliphatic rings. The lowest BCUT2D eigenvalue weighted by Gasteiger charge is -2.42. The van der Waals surface area contributed by atoms with Crippen molar-refractivity contribution >= 4 is 0 Å². The molecule has 2 saturated heterocycles. The number of hydrogen-bond acceptors (Lipinski definition) is 1. The minimum absolute atomic E-state index is 0.558. The van der Waals surface area contributed by atoms with E-state index in [1.165, 1.54) is 25.7 Å². The van der Waals surface area contributed by atoms with Gasteiger partial charge in [0, 0.05) is 11.6 Å². The molecule has 3 unspecified atom stereocenters. The maximum atomic E-state index is 2.62. The molecule has 2 fully saturated rings. The number of hydrogen-bond donors (Lipinski definition) is 0. The summed E-state index contributed by atoms with van der Waals surface area (Å²) in [7, 11) is 2.31. The second kappa shape index (κ2) is 2.22. The second-order valence-corrected chi connectivity index (χ2v) is 4.85. The summed E-state index contributed by atoms with van der Waals surface area (Å²) in [5, 5.41) is 0. The average Bonchev–Trinajstić information content (AvgIpc) is 2.17.